The Hall–Kier alpha value is -3.35. The highest BCUT2D eigenvalue weighted by molar-refractivity contribution is 7.89. The number of alkyl halides is 2. The van der Waals surface area contributed by atoms with Crippen LogP contribution in [0.5, 0.6) is 5.75 Å². The van der Waals surface area contributed by atoms with E-state index in [9.17, 15) is 22.0 Å². The van der Waals surface area contributed by atoms with Gasteiger partial charge in [0.25, 0.3) is 0 Å². The van der Waals surface area contributed by atoms with E-state index in [-0.39, 0.29) is 59.3 Å². The molecule has 2 heterocycles. The van der Waals surface area contributed by atoms with Gasteiger partial charge in [-0.2, -0.15) is 13.1 Å². The van der Waals surface area contributed by atoms with Crippen molar-refractivity contribution in [3.8, 4) is 5.75 Å². The summed E-state index contributed by atoms with van der Waals surface area (Å²) >= 11 is 0. The number of esters is 1. The summed E-state index contributed by atoms with van der Waals surface area (Å²) in [6.45, 7) is -2.30. The SMILES string of the molecule is COC(=O)c1ccccc1Nc1c(S(=O)(=O)N2CCOCC2)cnc2ccc(OC(F)F)cc12. The van der Waals surface area contributed by atoms with Crippen LogP contribution in [0.15, 0.2) is 53.6 Å². The molecule has 1 aliphatic rings. The number of hydrogen-bond donors (Lipinski definition) is 1. The molecular formula is C22H21F2N3O6S. The number of carbonyl (C=O) groups is 1. The number of methoxy groups -OCH3 is 1. The van der Waals surface area contributed by atoms with Crippen LogP contribution in [0.3, 0.4) is 0 Å². The number of para-hydroxylation sites is 1. The summed E-state index contributed by atoms with van der Waals surface area (Å²) in [6, 6.07) is 10.4. The minimum absolute atomic E-state index is 0.0626. The number of carbonyl (C=O) groups excluding carboxylic acids is 1. The molecule has 9 nitrogen and oxygen atoms in total. The van der Waals surface area contributed by atoms with E-state index in [4.69, 9.17) is 9.47 Å². The normalized spacial score (nSPS) is 14.8. The zero-order chi connectivity index (χ0) is 24.3. The third-order valence-corrected chi connectivity index (χ3v) is 7.12. The third-order valence-electron chi connectivity index (χ3n) is 5.21. The van der Waals surface area contributed by atoms with Gasteiger partial charge in [0, 0.05) is 24.7 Å². The second-order valence-electron chi connectivity index (χ2n) is 7.23. The zero-order valence-corrected chi connectivity index (χ0v) is 18.8. The highest BCUT2D eigenvalue weighted by atomic mass is 32.2. The van der Waals surface area contributed by atoms with Crippen molar-refractivity contribution in [1.29, 1.82) is 0 Å². The van der Waals surface area contributed by atoms with Crippen LogP contribution in [0.1, 0.15) is 10.4 Å². The van der Waals surface area contributed by atoms with Crippen molar-refractivity contribution in [1.82, 2.24) is 9.29 Å². The molecule has 1 N–H and O–H groups in total. The molecule has 0 bridgehead atoms. The van der Waals surface area contributed by atoms with Gasteiger partial charge in [-0.3, -0.25) is 4.98 Å². The van der Waals surface area contributed by atoms with Gasteiger partial charge in [0.15, 0.2) is 0 Å². The number of morpholine rings is 1. The lowest BCUT2D eigenvalue weighted by Gasteiger charge is -2.27. The maximum absolute atomic E-state index is 13.5. The largest absolute Gasteiger partial charge is 0.465 e. The van der Waals surface area contributed by atoms with Gasteiger partial charge < -0.3 is 19.5 Å². The van der Waals surface area contributed by atoms with Gasteiger partial charge >= 0.3 is 12.6 Å². The average Bonchev–Trinajstić information content (AvgIpc) is 2.84. The maximum Gasteiger partial charge on any atom is 0.387 e. The minimum Gasteiger partial charge on any atom is -0.465 e. The molecular weight excluding hydrogens is 472 g/mol. The summed E-state index contributed by atoms with van der Waals surface area (Å²) in [5.74, 6) is -0.810. The van der Waals surface area contributed by atoms with E-state index in [1.807, 2.05) is 0 Å². The molecule has 1 aliphatic heterocycles. The molecule has 12 heteroatoms. The summed E-state index contributed by atoms with van der Waals surface area (Å²) in [5, 5.41) is 3.22. The molecule has 0 atom stereocenters. The summed E-state index contributed by atoms with van der Waals surface area (Å²) in [5.41, 5.74) is 0.818. The Morgan fingerprint density at radius 3 is 2.62 bits per heavy atom. The van der Waals surface area contributed by atoms with Gasteiger partial charge in [0.1, 0.15) is 10.6 Å². The van der Waals surface area contributed by atoms with E-state index in [2.05, 4.69) is 15.0 Å². The number of hydrogen-bond acceptors (Lipinski definition) is 8. The first-order chi connectivity index (χ1) is 16.3. The number of rotatable bonds is 7. The highest BCUT2D eigenvalue weighted by Gasteiger charge is 2.30. The molecule has 1 saturated heterocycles. The minimum atomic E-state index is -4.06. The number of nitrogens with zero attached hydrogens (tertiary/aromatic N) is 2. The molecule has 0 amide bonds. The van der Waals surface area contributed by atoms with Crippen LogP contribution in [-0.2, 0) is 19.5 Å². The van der Waals surface area contributed by atoms with E-state index >= 15 is 0 Å². The van der Waals surface area contributed by atoms with Gasteiger partial charge in [-0.1, -0.05) is 12.1 Å². The molecule has 1 fully saturated rings. The van der Waals surface area contributed by atoms with Gasteiger partial charge in [-0.15, -0.1) is 0 Å². The first-order valence-electron chi connectivity index (χ1n) is 10.2. The zero-order valence-electron chi connectivity index (χ0n) is 18.0. The molecule has 3 aromatic rings. The van der Waals surface area contributed by atoms with E-state index < -0.39 is 22.6 Å². The Morgan fingerprint density at radius 1 is 1.18 bits per heavy atom. The number of nitrogens with one attached hydrogen (secondary N) is 1. The van der Waals surface area contributed by atoms with Crippen molar-refractivity contribution < 1.29 is 36.2 Å². The lowest BCUT2D eigenvalue weighted by Crippen LogP contribution is -2.40. The van der Waals surface area contributed by atoms with Crippen molar-refractivity contribution in [2.24, 2.45) is 0 Å². The van der Waals surface area contributed by atoms with Crippen molar-refractivity contribution in [2.75, 3.05) is 38.7 Å². The van der Waals surface area contributed by atoms with Gasteiger partial charge in [0.2, 0.25) is 10.0 Å². The molecule has 2 aromatic carbocycles. The number of ether oxygens (including phenoxy) is 3. The fourth-order valence-electron chi connectivity index (χ4n) is 3.59. The first kappa shape index (κ1) is 23.8. The van der Waals surface area contributed by atoms with Crippen LogP contribution in [0.4, 0.5) is 20.2 Å². The number of aromatic nitrogens is 1. The molecule has 34 heavy (non-hydrogen) atoms. The van der Waals surface area contributed by atoms with Gasteiger partial charge in [0.05, 0.1) is 42.8 Å². The maximum atomic E-state index is 13.5. The first-order valence-corrected chi connectivity index (χ1v) is 11.6. The standard InChI is InChI=1S/C22H21F2N3O6S/c1-31-21(28)15-4-2-3-5-18(15)26-20-16-12-14(33-22(23)24)6-7-17(16)25-13-19(20)34(29,30)27-8-10-32-11-9-27/h2-7,12-13,22H,8-11H2,1H3,(H,25,26). The predicted octanol–water partition coefficient (Wildman–Crippen LogP) is 3.39. The smallest absolute Gasteiger partial charge is 0.387 e. The number of sulfonamides is 1. The second-order valence-corrected chi connectivity index (χ2v) is 9.14. The monoisotopic (exact) mass is 493 g/mol. The Balaban J connectivity index is 1.92. The quantitative estimate of drug-likeness (QED) is 0.499. The van der Waals surface area contributed by atoms with Crippen molar-refractivity contribution in [2.45, 2.75) is 11.5 Å². The predicted molar refractivity (Wildman–Crippen MR) is 119 cm³/mol. The fraction of sp³-hybridized carbons (Fsp3) is 0.273. The van der Waals surface area contributed by atoms with Crippen LogP contribution in [-0.4, -0.2) is 63.7 Å². The molecule has 1 aromatic heterocycles. The van der Waals surface area contributed by atoms with Crippen LogP contribution in [0, 0.1) is 0 Å². The molecule has 0 aliphatic carbocycles. The molecule has 0 radical (unpaired) electrons. The number of anilines is 2. The highest BCUT2D eigenvalue weighted by Crippen LogP contribution is 2.36. The summed E-state index contributed by atoms with van der Waals surface area (Å²) in [6.07, 6.45) is 1.20. The fourth-order valence-corrected chi connectivity index (χ4v) is 5.11. The summed E-state index contributed by atoms with van der Waals surface area (Å²) in [4.78, 5) is 16.3. The Labute approximate surface area is 194 Å². The second kappa shape index (κ2) is 9.87. The van der Waals surface area contributed by atoms with Gasteiger partial charge in [-0.25, -0.2) is 13.2 Å². The topological polar surface area (TPSA) is 107 Å². The van der Waals surface area contributed by atoms with Crippen molar-refractivity contribution >= 4 is 38.3 Å². The van der Waals surface area contributed by atoms with Crippen LogP contribution >= 0.6 is 0 Å². The number of pyridine rings is 1. The number of benzene rings is 2. The number of fused-ring (bicyclic) bond motifs is 1. The molecule has 0 saturated carbocycles. The Kier molecular flexibility index (Phi) is 6.91. The molecule has 180 valence electrons. The average molecular weight is 493 g/mol. The Morgan fingerprint density at radius 2 is 1.91 bits per heavy atom. The summed E-state index contributed by atoms with van der Waals surface area (Å²) < 4.78 is 68.6. The molecule has 0 spiro atoms. The van der Waals surface area contributed by atoms with E-state index in [1.165, 1.54) is 41.9 Å². The molecule has 4 rings (SSSR count). The lowest BCUT2D eigenvalue weighted by molar-refractivity contribution is -0.0497. The molecule has 0 unspecified atom stereocenters. The lowest BCUT2D eigenvalue weighted by atomic mass is 10.1. The van der Waals surface area contributed by atoms with E-state index in [0.717, 1.165) is 0 Å². The van der Waals surface area contributed by atoms with Gasteiger partial charge in [-0.05, 0) is 30.3 Å². The van der Waals surface area contributed by atoms with Crippen molar-refractivity contribution in [3.05, 3.63) is 54.2 Å². The van der Waals surface area contributed by atoms with E-state index in [1.54, 1.807) is 18.2 Å². The number of halogens is 2. The van der Waals surface area contributed by atoms with E-state index in [0.29, 0.717) is 5.52 Å². The third kappa shape index (κ3) is 4.79. The summed E-state index contributed by atoms with van der Waals surface area (Å²) in [7, 11) is -2.83. The van der Waals surface area contributed by atoms with Crippen LogP contribution in [0.2, 0.25) is 0 Å². The van der Waals surface area contributed by atoms with Crippen LogP contribution in [0.25, 0.3) is 10.9 Å². The van der Waals surface area contributed by atoms with Crippen LogP contribution < -0.4 is 10.1 Å². The Bertz CT molecular complexity index is 1310. The van der Waals surface area contributed by atoms with Crippen molar-refractivity contribution in [3.63, 3.8) is 0 Å².